The van der Waals surface area contributed by atoms with Gasteiger partial charge in [0, 0.05) is 23.2 Å². The highest BCUT2D eigenvalue weighted by atomic mass is 32.2. The Kier molecular flexibility index (Phi) is 7.02. The summed E-state index contributed by atoms with van der Waals surface area (Å²) in [4.78, 5) is 30.7. The second-order valence-corrected chi connectivity index (χ2v) is 13.1. The van der Waals surface area contributed by atoms with Crippen molar-refractivity contribution in [2.24, 2.45) is 11.3 Å². The summed E-state index contributed by atoms with van der Waals surface area (Å²) in [6.07, 6.45) is 4.95. The van der Waals surface area contributed by atoms with Crippen LogP contribution in [0, 0.1) is 11.3 Å². The molecule has 0 aliphatic heterocycles. The van der Waals surface area contributed by atoms with E-state index in [-0.39, 0.29) is 17.7 Å². The van der Waals surface area contributed by atoms with Crippen molar-refractivity contribution in [1.82, 2.24) is 10.3 Å². The summed E-state index contributed by atoms with van der Waals surface area (Å²) >= 11 is 1.35. The average molecular weight is 514 g/mol. The number of anilines is 1. The first-order valence-corrected chi connectivity index (χ1v) is 14.4. The quantitative estimate of drug-likeness (QED) is 0.438. The van der Waals surface area contributed by atoms with Crippen LogP contribution in [0.3, 0.4) is 0 Å². The van der Waals surface area contributed by atoms with Crippen LogP contribution in [0.2, 0.25) is 0 Å². The fraction of sp³-hybridized carbons (Fsp3) is 0.423. The van der Waals surface area contributed by atoms with Gasteiger partial charge < -0.3 is 10.1 Å². The third-order valence-corrected chi connectivity index (χ3v) is 8.20. The molecule has 3 aromatic rings. The Morgan fingerprint density at radius 2 is 2.03 bits per heavy atom. The standard InChI is InChI=1S/C26H31N3O4S2/c1-26(2,3)19-8-9-21-17(13-19)12-18-15-23(34-25(18)28-21)24(31)27-22(10-11-30)16-6-5-7-20(14-16)29-35(4,32)33/h5-7,11-12,14-15,19,22,29H,8-10,13H2,1-4H3,(H,27,31)/t19-,22?/m0/s1. The first-order valence-electron chi connectivity index (χ1n) is 11.7. The number of aryl methyl sites for hydroxylation is 1. The van der Waals surface area contributed by atoms with Crippen LogP contribution < -0.4 is 10.0 Å². The lowest BCUT2D eigenvalue weighted by molar-refractivity contribution is -0.108. The highest BCUT2D eigenvalue weighted by molar-refractivity contribution is 7.92. The number of fused-ring (bicyclic) bond motifs is 2. The number of sulfonamides is 1. The Balaban J connectivity index is 1.56. The monoisotopic (exact) mass is 513 g/mol. The lowest BCUT2D eigenvalue weighted by Gasteiger charge is -2.34. The minimum Gasteiger partial charge on any atom is -0.344 e. The maximum Gasteiger partial charge on any atom is 0.261 e. The molecule has 1 aromatic carbocycles. The molecule has 0 spiro atoms. The number of amides is 1. The van der Waals surface area contributed by atoms with Gasteiger partial charge in [0.15, 0.2) is 0 Å². The number of thiophene rings is 1. The van der Waals surface area contributed by atoms with Gasteiger partial charge in [-0.3, -0.25) is 9.52 Å². The smallest absolute Gasteiger partial charge is 0.261 e. The van der Waals surface area contributed by atoms with Crippen molar-refractivity contribution in [3.8, 4) is 0 Å². The van der Waals surface area contributed by atoms with E-state index in [0.29, 0.717) is 22.0 Å². The van der Waals surface area contributed by atoms with E-state index in [0.717, 1.165) is 47.7 Å². The zero-order chi connectivity index (χ0) is 25.4. The van der Waals surface area contributed by atoms with Crippen molar-refractivity contribution < 1.29 is 18.0 Å². The Hall–Kier alpha value is -2.78. The molecule has 1 aliphatic rings. The first kappa shape index (κ1) is 25.3. The summed E-state index contributed by atoms with van der Waals surface area (Å²) < 4.78 is 25.6. The van der Waals surface area contributed by atoms with Crippen LogP contribution in [-0.2, 0) is 27.7 Å². The molecule has 0 fully saturated rings. The second-order valence-electron chi connectivity index (χ2n) is 10.3. The zero-order valence-electron chi connectivity index (χ0n) is 20.4. The fourth-order valence-corrected chi connectivity index (χ4v) is 6.10. The number of carbonyl (C=O) groups excluding carboxylic acids is 2. The highest BCUT2D eigenvalue weighted by Gasteiger charge is 2.30. The SMILES string of the molecule is CC(C)(C)[C@H]1CCc2nc3sc(C(=O)NC(CC=O)c4cccc(NS(C)(=O)=O)c4)cc3cc2C1. The number of nitrogens with one attached hydrogen (secondary N) is 2. The van der Waals surface area contributed by atoms with Crippen molar-refractivity contribution in [3.63, 3.8) is 0 Å². The molecule has 2 heterocycles. The largest absolute Gasteiger partial charge is 0.344 e. The van der Waals surface area contributed by atoms with Crippen LogP contribution in [0.4, 0.5) is 5.69 Å². The molecule has 0 bridgehead atoms. The molecule has 2 N–H and O–H groups in total. The van der Waals surface area contributed by atoms with Gasteiger partial charge in [-0.05, 0) is 66.0 Å². The maximum absolute atomic E-state index is 13.1. The number of rotatable bonds is 7. The van der Waals surface area contributed by atoms with Crippen molar-refractivity contribution >= 4 is 49.5 Å². The van der Waals surface area contributed by atoms with Crippen molar-refractivity contribution in [1.29, 1.82) is 0 Å². The molecular formula is C26H31N3O4S2. The van der Waals surface area contributed by atoms with Gasteiger partial charge in [-0.25, -0.2) is 13.4 Å². The molecule has 2 aromatic heterocycles. The molecule has 4 rings (SSSR count). The summed E-state index contributed by atoms with van der Waals surface area (Å²) in [6.45, 7) is 6.85. The lowest BCUT2D eigenvalue weighted by Crippen LogP contribution is -2.28. The zero-order valence-corrected chi connectivity index (χ0v) is 22.1. The number of aldehydes is 1. The molecule has 1 amide bonds. The molecule has 0 saturated carbocycles. The Morgan fingerprint density at radius 3 is 2.71 bits per heavy atom. The van der Waals surface area contributed by atoms with Crippen LogP contribution in [-0.4, -0.2) is 31.9 Å². The molecule has 1 aliphatic carbocycles. The van der Waals surface area contributed by atoms with Gasteiger partial charge in [0.05, 0.1) is 17.2 Å². The van der Waals surface area contributed by atoms with Crippen LogP contribution in [0.1, 0.15) is 66.1 Å². The van der Waals surface area contributed by atoms with E-state index in [2.05, 4.69) is 36.9 Å². The van der Waals surface area contributed by atoms with Gasteiger partial charge in [-0.2, -0.15) is 0 Å². The van der Waals surface area contributed by atoms with Crippen molar-refractivity contribution in [2.75, 3.05) is 11.0 Å². The summed E-state index contributed by atoms with van der Waals surface area (Å²) in [5.41, 5.74) is 3.65. The van der Waals surface area contributed by atoms with Crippen molar-refractivity contribution in [3.05, 3.63) is 58.1 Å². The van der Waals surface area contributed by atoms with Gasteiger partial charge in [-0.15, -0.1) is 11.3 Å². The van der Waals surface area contributed by atoms with E-state index in [1.165, 1.54) is 16.9 Å². The molecule has 35 heavy (non-hydrogen) atoms. The third-order valence-electron chi connectivity index (χ3n) is 6.55. The molecule has 0 radical (unpaired) electrons. The van der Waals surface area contributed by atoms with E-state index in [1.807, 2.05) is 6.07 Å². The molecule has 0 saturated heterocycles. The molecule has 1 unspecified atom stereocenters. The van der Waals surface area contributed by atoms with E-state index in [1.54, 1.807) is 24.3 Å². The van der Waals surface area contributed by atoms with Gasteiger partial charge in [0.2, 0.25) is 10.0 Å². The number of nitrogens with zero attached hydrogens (tertiary/aromatic N) is 1. The minimum absolute atomic E-state index is 0.0691. The molecule has 2 atom stereocenters. The van der Waals surface area contributed by atoms with Gasteiger partial charge in [0.1, 0.15) is 11.1 Å². The molecule has 9 heteroatoms. The number of pyridine rings is 1. The van der Waals surface area contributed by atoms with Crippen molar-refractivity contribution in [2.45, 2.75) is 52.5 Å². The Bertz CT molecular complexity index is 1370. The van der Waals surface area contributed by atoms with E-state index < -0.39 is 16.1 Å². The van der Waals surface area contributed by atoms with Crippen LogP contribution in [0.15, 0.2) is 36.4 Å². The number of hydrogen-bond acceptors (Lipinski definition) is 6. The average Bonchev–Trinajstić information content (AvgIpc) is 3.18. The summed E-state index contributed by atoms with van der Waals surface area (Å²) in [5.74, 6) is 0.319. The number of hydrogen-bond donors (Lipinski definition) is 2. The topological polar surface area (TPSA) is 105 Å². The van der Waals surface area contributed by atoms with Gasteiger partial charge >= 0.3 is 0 Å². The lowest BCUT2D eigenvalue weighted by atomic mass is 9.71. The second kappa shape index (κ2) is 9.70. The van der Waals surface area contributed by atoms with Crippen LogP contribution in [0.5, 0.6) is 0 Å². The van der Waals surface area contributed by atoms with Gasteiger partial charge in [-0.1, -0.05) is 32.9 Å². The normalized spacial score (nSPS) is 17.0. The van der Waals surface area contributed by atoms with E-state index in [9.17, 15) is 18.0 Å². The highest BCUT2D eigenvalue weighted by Crippen LogP contribution is 2.38. The number of benzene rings is 1. The minimum atomic E-state index is -3.44. The number of aromatic nitrogens is 1. The summed E-state index contributed by atoms with van der Waals surface area (Å²) in [5, 5.41) is 3.89. The Morgan fingerprint density at radius 1 is 1.26 bits per heavy atom. The summed E-state index contributed by atoms with van der Waals surface area (Å²) in [7, 11) is -3.44. The predicted molar refractivity (Wildman–Crippen MR) is 140 cm³/mol. The number of carbonyl (C=O) groups is 2. The Labute approximate surface area is 210 Å². The molecule has 186 valence electrons. The molecule has 7 nitrogen and oxygen atoms in total. The summed E-state index contributed by atoms with van der Waals surface area (Å²) in [6, 6.07) is 10.1. The van der Waals surface area contributed by atoms with Crippen LogP contribution >= 0.6 is 11.3 Å². The first-order chi connectivity index (χ1) is 16.4. The maximum atomic E-state index is 13.1. The molecular weight excluding hydrogens is 482 g/mol. The van der Waals surface area contributed by atoms with Crippen LogP contribution in [0.25, 0.3) is 10.2 Å². The predicted octanol–water partition coefficient (Wildman–Crippen LogP) is 4.88. The van der Waals surface area contributed by atoms with E-state index >= 15 is 0 Å². The third kappa shape index (κ3) is 6.08. The van der Waals surface area contributed by atoms with Gasteiger partial charge in [0.25, 0.3) is 5.91 Å². The fourth-order valence-electron chi connectivity index (χ4n) is 4.61. The van der Waals surface area contributed by atoms with E-state index in [4.69, 9.17) is 4.98 Å².